The molecule has 108 valence electrons. The molecule has 6 heteroatoms. The number of aromatic nitrogens is 1. The van der Waals surface area contributed by atoms with Crippen LogP contribution in [0.5, 0.6) is 0 Å². The minimum absolute atomic E-state index is 0.214. The Balaban J connectivity index is 1.75. The van der Waals surface area contributed by atoms with Crippen LogP contribution in [-0.2, 0) is 16.1 Å². The zero-order valence-corrected chi connectivity index (χ0v) is 11.1. The number of aliphatic carboxylic acids is 1. The zero-order chi connectivity index (χ0) is 15.0. The molecule has 1 aromatic carbocycles. The van der Waals surface area contributed by atoms with Crippen LogP contribution in [0.4, 0.5) is 0 Å². The third-order valence-corrected chi connectivity index (χ3v) is 3.73. The molecule has 0 spiro atoms. The van der Waals surface area contributed by atoms with Crippen molar-refractivity contribution in [2.75, 3.05) is 0 Å². The number of hydrogen-bond acceptors (Lipinski definition) is 3. The minimum atomic E-state index is -0.934. The fourth-order valence-electron chi connectivity index (χ4n) is 2.49. The number of H-pyrrole nitrogens is 1. The first-order chi connectivity index (χ1) is 10.1. The Kier molecular flexibility index (Phi) is 3.21. The van der Waals surface area contributed by atoms with E-state index in [2.05, 4.69) is 10.3 Å². The van der Waals surface area contributed by atoms with Gasteiger partial charge in [0.15, 0.2) is 0 Å². The summed E-state index contributed by atoms with van der Waals surface area (Å²) in [5, 5.41) is 12.4. The molecule has 0 aliphatic heterocycles. The average Bonchev–Trinajstić information content (AvgIpc) is 3.25. The highest BCUT2D eigenvalue weighted by atomic mass is 16.4. The molecule has 0 radical (unpaired) electrons. The standard InChI is InChI=1S/C15H14N2O4/c18-13-5-8(9-3-1-2-4-12(9)17-13)7-16-14(19)10-6-11(10)15(20)21/h1-5,10-11H,6-7H2,(H,16,19)(H,17,18)(H,20,21). The molecular formula is C15H14N2O4. The number of pyridine rings is 1. The van der Waals surface area contributed by atoms with E-state index in [9.17, 15) is 14.4 Å². The average molecular weight is 286 g/mol. The summed E-state index contributed by atoms with van der Waals surface area (Å²) in [4.78, 5) is 36.9. The lowest BCUT2D eigenvalue weighted by molar-refractivity contribution is -0.140. The number of carbonyl (C=O) groups is 2. The summed E-state index contributed by atoms with van der Waals surface area (Å²) in [6, 6.07) is 8.78. The lowest BCUT2D eigenvalue weighted by atomic mass is 10.1. The molecule has 3 rings (SSSR count). The molecular weight excluding hydrogens is 272 g/mol. The predicted molar refractivity (Wildman–Crippen MR) is 75.6 cm³/mol. The van der Waals surface area contributed by atoms with E-state index in [1.165, 1.54) is 6.07 Å². The van der Waals surface area contributed by atoms with Crippen LogP contribution in [0.15, 0.2) is 35.1 Å². The van der Waals surface area contributed by atoms with Crippen LogP contribution in [0.1, 0.15) is 12.0 Å². The van der Waals surface area contributed by atoms with Crippen LogP contribution in [0, 0.1) is 11.8 Å². The Morgan fingerprint density at radius 1 is 1.29 bits per heavy atom. The van der Waals surface area contributed by atoms with E-state index >= 15 is 0 Å². The van der Waals surface area contributed by atoms with Crippen LogP contribution in [-0.4, -0.2) is 22.0 Å². The number of para-hydroxylation sites is 1. The van der Waals surface area contributed by atoms with Crippen molar-refractivity contribution < 1.29 is 14.7 Å². The smallest absolute Gasteiger partial charge is 0.307 e. The first-order valence-electron chi connectivity index (χ1n) is 6.67. The van der Waals surface area contributed by atoms with E-state index < -0.39 is 17.8 Å². The van der Waals surface area contributed by atoms with Gasteiger partial charge in [-0.25, -0.2) is 0 Å². The lowest BCUT2D eigenvalue weighted by Crippen LogP contribution is -2.26. The summed E-state index contributed by atoms with van der Waals surface area (Å²) in [6.45, 7) is 0.214. The van der Waals surface area contributed by atoms with Gasteiger partial charge in [-0.15, -0.1) is 0 Å². The van der Waals surface area contributed by atoms with Crippen molar-refractivity contribution in [2.45, 2.75) is 13.0 Å². The molecule has 1 saturated carbocycles. The summed E-state index contributed by atoms with van der Waals surface area (Å²) >= 11 is 0. The molecule has 6 nitrogen and oxygen atoms in total. The number of carbonyl (C=O) groups excluding carboxylic acids is 1. The molecule has 3 N–H and O–H groups in total. The number of nitrogens with one attached hydrogen (secondary N) is 2. The molecule has 2 aromatic rings. The monoisotopic (exact) mass is 286 g/mol. The number of carboxylic acids is 1. The van der Waals surface area contributed by atoms with Gasteiger partial charge >= 0.3 is 5.97 Å². The van der Waals surface area contributed by atoms with Crippen LogP contribution in [0.3, 0.4) is 0 Å². The highest BCUT2D eigenvalue weighted by molar-refractivity contribution is 5.90. The maximum absolute atomic E-state index is 11.9. The van der Waals surface area contributed by atoms with E-state index in [1.54, 1.807) is 6.07 Å². The highest BCUT2D eigenvalue weighted by Crippen LogP contribution is 2.38. The number of hydrogen-bond donors (Lipinski definition) is 3. The van der Waals surface area contributed by atoms with Crippen molar-refractivity contribution in [1.82, 2.24) is 10.3 Å². The van der Waals surface area contributed by atoms with Gasteiger partial charge in [-0.3, -0.25) is 14.4 Å². The molecule has 0 bridgehead atoms. The van der Waals surface area contributed by atoms with E-state index in [-0.39, 0.29) is 18.0 Å². The van der Waals surface area contributed by atoms with Crippen LogP contribution < -0.4 is 10.9 Å². The van der Waals surface area contributed by atoms with Crippen molar-refractivity contribution >= 4 is 22.8 Å². The Morgan fingerprint density at radius 3 is 2.76 bits per heavy atom. The third-order valence-electron chi connectivity index (χ3n) is 3.73. The Labute approximate surface area is 119 Å². The number of benzene rings is 1. The maximum Gasteiger partial charge on any atom is 0.307 e. The summed E-state index contributed by atoms with van der Waals surface area (Å²) in [5.74, 6) is -2.22. The summed E-state index contributed by atoms with van der Waals surface area (Å²) in [6.07, 6.45) is 0.386. The number of aromatic amines is 1. The van der Waals surface area contributed by atoms with Crippen LogP contribution in [0.2, 0.25) is 0 Å². The summed E-state index contributed by atoms with van der Waals surface area (Å²) in [5.41, 5.74) is 1.20. The molecule has 1 aliphatic carbocycles. The highest BCUT2D eigenvalue weighted by Gasteiger charge is 2.48. The van der Waals surface area contributed by atoms with Crippen molar-refractivity contribution in [2.24, 2.45) is 11.8 Å². The lowest BCUT2D eigenvalue weighted by Gasteiger charge is -2.07. The quantitative estimate of drug-likeness (QED) is 0.776. The molecule has 2 atom stereocenters. The van der Waals surface area contributed by atoms with Crippen molar-refractivity contribution in [1.29, 1.82) is 0 Å². The molecule has 1 aliphatic rings. The van der Waals surface area contributed by atoms with E-state index in [0.29, 0.717) is 11.9 Å². The Morgan fingerprint density at radius 2 is 2.05 bits per heavy atom. The van der Waals surface area contributed by atoms with Crippen molar-refractivity contribution in [3.63, 3.8) is 0 Å². The second-order valence-corrected chi connectivity index (χ2v) is 5.21. The summed E-state index contributed by atoms with van der Waals surface area (Å²) in [7, 11) is 0. The largest absolute Gasteiger partial charge is 0.481 e. The fraction of sp³-hybridized carbons (Fsp3) is 0.267. The van der Waals surface area contributed by atoms with Gasteiger partial charge in [-0.05, 0) is 18.1 Å². The van der Waals surface area contributed by atoms with E-state index in [0.717, 1.165) is 10.9 Å². The van der Waals surface area contributed by atoms with Gasteiger partial charge in [0.2, 0.25) is 11.5 Å². The minimum Gasteiger partial charge on any atom is -0.481 e. The number of amides is 1. The van der Waals surface area contributed by atoms with Gasteiger partial charge < -0.3 is 15.4 Å². The normalized spacial score (nSPS) is 20.2. The number of rotatable bonds is 4. The van der Waals surface area contributed by atoms with Gasteiger partial charge in [-0.2, -0.15) is 0 Å². The fourth-order valence-corrected chi connectivity index (χ4v) is 2.49. The topological polar surface area (TPSA) is 99.3 Å². The van der Waals surface area contributed by atoms with E-state index in [4.69, 9.17) is 5.11 Å². The predicted octanol–water partition coefficient (Wildman–Crippen LogP) is 0.865. The van der Waals surface area contributed by atoms with Crippen molar-refractivity contribution in [3.05, 3.63) is 46.2 Å². The molecule has 1 fully saturated rings. The molecule has 21 heavy (non-hydrogen) atoms. The second kappa shape index (κ2) is 5.05. The zero-order valence-electron chi connectivity index (χ0n) is 11.1. The maximum atomic E-state index is 11.9. The SMILES string of the molecule is O=C(O)C1CC1C(=O)NCc1cc(=O)[nH]c2ccccc12. The Bertz CT molecular complexity index is 781. The second-order valence-electron chi connectivity index (χ2n) is 5.21. The molecule has 1 heterocycles. The number of fused-ring (bicyclic) bond motifs is 1. The van der Waals surface area contributed by atoms with Crippen molar-refractivity contribution in [3.8, 4) is 0 Å². The van der Waals surface area contributed by atoms with Gasteiger partial charge in [0.05, 0.1) is 11.8 Å². The molecule has 1 amide bonds. The third kappa shape index (κ3) is 2.65. The van der Waals surface area contributed by atoms with Crippen LogP contribution in [0.25, 0.3) is 10.9 Å². The van der Waals surface area contributed by atoms with Gasteiger partial charge in [0, 0.05) is 23.5 Å². The van der Waals surface area contributed by atoms with E-state index in [1.807, 2.05) is 18.2 Å². The number of carboxylic acid groups (broad SMARTS) is 1. The van der Waals surface area contributed by atoms with Gasteiger partial charge in [0.25, 0.3) is 0 Å². The first kappa shape index (κ1) is 13.4. The molecule has 1 aromatic heterocycles. The first-order valence-corrected chi connectivity index (χ1v) is 6.67. The Hall–Kier alpha value is -2.63. The summed E-state index contributed by atoms with van der Waals surface area (Å²) < 4.78 is 0. The van der Waals surface area contributed by atoms with Gasteiger partial charge in [-0.1, -0.05) is 18.2 Å². The molecule has 2 unspecified atom stereocenters. The van der Waals surface area contributed by atoms with Crippen LogP contribution >= 0.6 is 0 Å². The molecule has 0 saturated heterocycles. The van der Waals surface area contributed by atoms with Gasteiger partial charge in [0.1, 0.15) is 0 Å².